The molecule has 4 rings (SSSR count). The van der Waals surface area contributed by atoms with Gasteiger partial charge in [0.2, 0.25) is 0 Å². The fourth-order valence-electron chi connectivity index (χ4n) is 3.46. The number of hydrogen-bond acceptors (Lipinski definition) is 5. The molecule has 0 saturated carbocycles. The van der Waals surface area contributed by atoms with Crippen molar-refractivity contribution in [1.29, 1.82) is 0 Å². The maximum atomic E-state index is 13.1. The monoisotopic (exact) mass is 481 g/mol. The van der Waals surface area contributed by atoms with Gasteiger partial charge in [-0.3, -0.25) is 0 Å². The van der Waals surface area contributed by atoms with Gasteiger partial charge in [-0.2, -0.15) is 5.10 Å². The molecule has 30 heavy (non-hydrogen) atoms. The van der Waals surface area contributed by atoms with E-state index < -0.39 is 0 Å². The molecule has 0 bridgehead atoms. The fourth-order valence-corrected chi connectivity index (χ4v) is 4.50. The predicted octanol–water partition coefficient (Wildman–Crippen LogP) is 5.96. The van der Waals surface area contributed by atoms with E-state index in [9.17, 15) is 4.79 Å². The van der Waals surface area contributed by atoms with E-state index in [1.165, 1.54) is 11.8 Å². The van der Waals surface area contributed by atoms with Crippen LogP contribution >= 0.6 is 27.7 Å². The molecule has 0 saturated heterocycles. The van der Waals surface area contributed by atoms with Crippen molar-refractivity contribution in [1.82, 2.24) is 14.8 Å². The van der Waals surface area contributed by atoms with Crippen LogP contribution in [0, 0.1) is 0 Å². The number of rotatable bonds is 5. The van der Waals surface area contributed by atoms with Gasteiger partial charge in [-0.25, -0.2) is 14.5 Å². The van der Waals surface area contributed by atoms with Gasteiger partial charge < -0.3 is 4.74 Å². The first-order valence-corrected chi connectivity index (χ1v) is 11.5. The molecule has 0 N–H and O–H groups in total. The van der Waals surface area contributed by atoms with E-state index >= 15 is 0 Å². The summed E-state index contributed by atoms with van der Waals surface area (Å²) in [6.45, 7) is 2.10. The molecule has 0 atom stereocenters. The van der Waals surface area contributed by atoms with E-state index in [1.54, 1.807) is 4.68 Å². The van der Waals surface area contributed by atoms with Crippen LogP contribution in [0.4, 0.5) is 0 Å². The average molecular weight is 482 g/mol. The maximum absolute atomic E-state index is 13.1. The number of aryl methyl sites for hydroxylation is 1. The number of halogens is 1. The first kappa shape index (κ1) is 20.6. The highest BCUT2D eigenvalue weighted by atomic mass is 79.9. The minimum Gasteiger partial charge on any atom is -0.462 e. The number of benzene rings is 2. The Labute approximate surface area is 187 Å². The standard InChI is InChI=1S/C23H20BrN3O2S/c1-4-29-23(28)18-19(14-8-6-5-7-9-14)25-22-17(21(18)30-3)20(26-27(22)2)15-10-12-16(24)13-11-15/h5-13H,4H2,1-3H3. The zero-order valence-electron chi connectivity index (χ0n) is 16.8. The van der Waals surface area contributed by atoms with Crippen LogP contribution in [-0.4, -0.2) is 33.6 Å². The van der Waals surface area contributed by atoms with Gasteiger partial charge in [-0.1, -0.05) is 58.4 Å². The summed E-state index contributed by atoms with van der Waals surface area (Å²) in [4.78, 5) is 18.8. The number of fused-ring (bicyclic) bond motifs is 1. The fraction of sp³-hybridized carbons (Fsp3) is 0.174. The minimum absolute atomic E-state index is 0.297. The molecule has 152 valence electrons. The molecule has 2 aromatic carbocycles. The lowest BCUT2D eigenvalue weighted by atomic mass is 10.0. The predicted molar refractivity (Wildman–Crippen MR) is 125 cm³/mol. The van der Waals surface area contributed by atoms with Crippen molar-refractivity contribution in [2.75, 3.05) is 12.9 Å². The van der Waals surface area contributed by atoms with E-state index in [2.05, 4.69) is 15.9 Å². The van der Waals surface area contributed by atoms with Crippen LogP contribution in [0.2, 0.25) is 0 Å². The molecule has 2 heterocycles. The van der Waals surface area contributed by atoms with Crippen LogP contribution in [0.1, 0.15) is 17.3 Å². The van der Waals surface area contributed by atoms with Gasteiger partial charge in [-0.05, 0) is 25.3 Å². The number of ether oxygens (including phenoxy) is 1. The van der Waals surface area contributed by atoms with Gasteiger partial charge in [0.05, 0.1) is 17.7 Å². The van der Waals surface area contributed by atoms with E-state index in [-0.39, 0.29) is 5.97 Å². The molecule has 0 aliphatic heterocycles. The highest BCUT2D eigenvalue weighted by Gasteiger charge is 2.27. The van der Waals surface area contributed by atoms with Crippen molar-refractivity contribution < 1.29 is 9.53 Å². The van der Waals surface area contributed by atoms with Gasteiger partial charge in [0.25, 0.3) is 0 Å². The van der Waals surface area contributed by atoms with E-state index in [1.807, 2.05) is 74.8 Å². The van der Waals surface area contributed by atoms with Crippen molar-refractivity contribution >= 4 is 44.7 Å². The Morgan fingerprint density at radius 1 is 1.07 bits per heavy atom. The third-order valence-electron chi connectivity index (χ3n) is 4.77. The summed E-state index contributed by atoms with van der Waals surface area (Å²) in [5.74, 6) is -0.374. The Kier molecular flexibility index (Phi) is 5.92. The summed E-state index contributed by atoms with van der Waals surface area (Å²) in [5, 5.41) is 5.61. The molecule has 7 heteroatoms. The second-order valence-corrected chi connectivity index (χ2v) is 8.37. The van der Waals surface area contributed by atoms with Gasteiger partial charge in [0, 0.05) is 27.5 Å². The third kappa shape index (κ3) is 3.63. The molecular weight excluding hydrogens is 462 g/mol. The molecule has 0 spiro atoms. The number of thioether (sulfide) groups is 1. The summed E-state index contributed by atoms with van der Waals surface area (Å²) in [7, 11) is 1.88. The summed E-state index contributed by atoms with van der Waals surface area (Å²) >= 11 is 4.99. The SMILES string of the molecule is CCOC(=O)c1c(-c2ccccc2)nc2c(c(-c3ccc(Br)cc3)nn2C)c1SC. The Balaban J connectivity index is 2.09. The maximum Gasteiger partial charge on any atom is 0.341 e. The third-order valence-corrected chi connectivity index (χ3v) is 6.12. The minimum atomic E-state index is -0.374. The molecule has 5 nitrogen and oxygen atoms in total. The van der Waals surface area contributed by atoms with Crippen LogP contribution in [0.25, 0.3) is 33.5 Å². The molecule has 4 aromatic rings. The second kappa shape index (κ2) is 8.62. The molecular formula is C23H20BrN3O2S. The Hall–Kier alpha value is -2.64. The Bertz CT molecular complexity index is 1220. The van der Waals surface area contributed by atoms with Crippen LogP contribution < -0.4 is 0 Å². The van der Waals surface area contributed by atoms with Crippen LogP contribution in [-0.2, 0) is 11.8 Å². The highest BCUT2D eigenvalue weighted by Crippen LogP contribution is 2.40. The number of carbonyl (C=O) groups is 1. The van der Waals surface area contributed by atoms with Crippen molar-refractivity contribution in [3.05, 3.63) is 64.6 Å². The number of aromatic nitrogens is 3. The Morgan fingerprint density at radius 3 is 2.37 bits per heavy atom. The molecule has 0 aliphatic rings. The van der Waals surface area contributed by atoms with E-state index in [0.29, 0.717) is 17.9 Å². The summed E-state index contributed by atoms with van der Waals surface area (Å²) < 4.78 is 8.19. The molecule has 0 aliphatic carbocycles. The number of hydrogen-bond donors (Lipinski definition) is 0. The van der Waals surface area contributed by atoms with Gasteiger partial charge in [0.15, 0.2) is 5.65 Å². The van der Waals surface area contributed by atoms with Gasteiger partial charge in [0.1, 0.15) is 11.3 Å². The largest absolute Gasteiger partial charge is 0.462 e. The van der Waals surface area contributed by atoms with Crippen LogP contribution in [0.5, 0.6) is 0 Å². The zero-order chi connectivity index (χ0) is 21.3. The summed E-state index contributed by atoms with van der Waals surface area (Å²) in [6, 6.07) is 17.7. The van der Waals surface area contributed by atoms with Gasteiger partial charge >= 0.3 is 5.97 Å². The van der Waals surface area contributed by atoms with E-state index in [0.717, 1.165) is 37.2 Å². The topological polar surface area (TPSA) is 57.0 Å². The van der Waals surface area contributed by atoms with Crippen LogP contribution in [0.15, 0.2) is 64.0 Å². The smallest absolute Gasteiger partial charge is 0.341 e. The lowest BCUT2D eigenvalue weighted by molar-refractivity contribution is 0.0523. The second-order valence-electron chi connectivity index (χ2n) is 6.63. The first-order chi connectivity index (χ1) is 14.5. The number of nitrogens with zero attached hydrogens (tertiary/aromatic N) is 3. The van der Waals surface area contributed by atoms with Crippen molar-refractivity contribution in [3.8, 4) is 22.5 Å². The number of pyridine rings is 1. The highest BCUT2D eigenvalue weighted by molar-refractivity contribution is 9.10. The summed E-state index contributed by atoms with van der Waals surface area (Å²) in [5.41, 5.74) is 4.43. The Morgan fingerprint density at radius 2 is 1.73 bits per heavy atom. The summed E-state index contributed by atoms with van der Waals surface area (Å²) in [6.07, 6.45) is 1.96. The van der Waals surface area contributed by atoms with Crippen molar-refractivity contribution in [2.24, 2.45) is 7.05 Å². The quantitative estimate of drug-likeness (QED) is 0.259. The molecule has 0 unspecified atom stereocenters. The molecule has 2 aromatic heterocycles. The molecule has 0 amide bonds. The first-order valence-electron chi connectivity index (χ1n) is 9.48. The molecule has 0 radical (unpaired) electrons. The van der Waals surface area contributed by atoms with Crippen LogP contribution in [0.3, 0.4) is 0 Å². The zero-order valence-corrected chi connectivity index (χ0v) is 19.3. The molecule has 0 fully saturated rings. The lowest BCUT2D eigenvalue weighted by Gasteiger charge is -2.14. The van der Waals surface area contributed by atoms with Crippen molar-refractivity contribution in [3.63, 3.8) is 0 Å². The van der Waals surface area contributed by atoms with E-state index in [4.69, 9.17) is 14.8 Å². The lowest BCUT2D eigenvalue weighted by Crippen LogP contribution is -2.10. The normalized spacial score (nSPS) is 11.1. The number of esters is 1. The van der Waals surface area contributed by atoms with Crippen molar-refractivity contribution in [2.45, 2.75) is 11.8 Å². The average Bonchev–Trinajstić information content (AvgIpc) is 3.10. The number of carbonyl (C=O) groups excluding carboxylic acids is 1. The van der Waals surface area contributed by atoms with Gasteiger partial charge in [-0.15, -0.1) is 11.8 Å².